The average Bonchev–Trinajstić information content (AvgIpc) is 2.74. The second kappa shape index (κ2) is 5.63. The predicted molar refractivity (Wildman–Crippen MR) is 73.8 cm³/mol. The SMILES string of the molecule is CCNC(c1csc(C)c1)c1ncccc1Cl. The van der Waals surface area contributed by atoms with Crippen molar-refractivity contribution in [2.45, 2.75) is 19.9 Å². The molecule has 1 N–H and O–H groups in total. The van der Waals surface area contributed by atoms with Crippen LogP contribution >= 0.6 is 22.9 Å². The first-order valence-corrected chi connectivity index (χ1v) is 6.87. The highest BCUT2D eigenvalue weighted by Gasteiger charge is 2.18. The lowest BCUT2D eigenvalue weighted by molar-refractivity contribution is 0.617. The number of hydrogen-bond acceptors (Lipinski definition) is 3. The largest absolute Gasteiger partial charge is 0.305 e. The molecular weight excluding hydrogens is 252 g/mol. The van der Waals surface area contributed by atoms with Gasteiger partial charge < -0.3 is 5.32 Å². The van der Waals surface area contributed by atoms with E-state index >= 15 is 0 Å². The van der Waals surface area contributed by atoms with E-state index in [2.05, 4.69) is 35.6 Å². The maximum atomic E-state index is 6.21. The Morgan fingerprint density at radius 2 is 2.35 bits per heavy atom. The van der Waals surface area contributed by atoms with Crippen LogP contribution in [0.25, 0.3) is 0 Å². The van der Waals surface area contributed by atoms with Crippen LogP contribution in [0.3, 0.4) is 0 Å². The topological polar surface area (TPSA) is 24.9 Å². The first-order chi connectivity index (χ1) is 8.22. The maximum absolute atomic E-state index is 6.21. The molecule has 0 radical (unpaired) electrons. The summed E-state index contributed by atoms with van der Waals surface area (Å²) in [4.78, 5) is 5.69. The van der Waals surface area contributed by atoms with Gasteiger partial charge in [-0.2, -0.15) is 0 Å². The highest BCUT2D eigenvalue weighted by atomic mass is 35.5. The summed E-state index contributed by atoms with van der Waals surface area (Å²) in [5.41, 5.74) is 2.13. The van der Waals surface area contributed by atoms with Gasteiger partial charge in [-0.05, 0) is 42.6 Å². The third-order valence-corrected chi connectivity index (χ3v) is 3.75. The van der Waals surface area contributed by atoms with Crippen LogP contribution in [-0.4, -0.2) is 11.5 Å². The van der Waals surface area contributed by atoms with Crippen LogP contribution in [0.1, 0.15) is 29.1 Å². The van der Waals surface area contributed by atoms with Gasteiger partial charge >= 0.3 is 0 Å². The summed E-state index contributed by atoms with van der Waals surface area (Å²) in [6.45, 7) is 5.08. The molecule has 2 rings (SSSR count). The highest BCUT2D eigenvalue weighted by Crippen LogP contribution is 2.28. The molecule has 4 heteroatoms. The van der Waals surface area contributed by atoms with E-state index in [9.17, 15) is 0 Å². The van der Waals surface area contributed by atoms with Crippen molar-refractivity contribution in [3.63, 3.8) is 0 Å². The molecule has 0 spiro atoms. The molecule has 2 heterocycles. The summed E-state index contributed by atoms with van der Waals surface area (Å²) >= 11 is 7.96. The van der Waals surface area contributed by atoms with E-state index in [1.54, 1.807) is 17.5 Å². The molecule has 2 aromatic heterocycles. The fourth-order valence-corrected chi connectivity index (χ4v) is 2.76. The molecule has 1 atom stereocenters. The molecule has 0 fully saturated rings. The van der Waals surface area contributed by atoms with Crippen molar-refractivity contribution in [3.8, 4) is 0 Å². The van der Waals surface area contributed by atoms with Crippen molar-refractivity contribution in [2.75, 3.05) is 6.54 Å². The van der Waals surface area contributed by atoms with E-state index in [1.807, 2.05) is 12.1 Å². The first kappa shape index (κ1) is 12.6. The summed E-state index contributed by atoms with van der Waals surface area (Å²) in [5.74, 6) is 0. The monoisotopic (exact) mass is 266 g/mol. The summed E-state index contributed by atoms with van der Waals surface area (Å²) in [5, 5.41) is 6.30. The second-order valence-corrected chi connectivity index (χ2v) is 5.37. The lowest BCUT2D eigenvalue weighted by Gasteiger charge is -2.17. The summed E-state index contributed by atoms with van der Waals surface area (Å²) in [6, 6.07) is 6.00. The van der Waals surface area contributed by atoms with Crippen LogP contribution in [0.4, 0.5) is 0 Å². The first-order valence-electron chi connectivity index (χ1n) is 5.61. The highest BCUT2D eigenvalue weighted by molar-refractivity contribution is 7.10. The molecule has 90 valence electrons. The molecule has 0 aromatic carbocycles. The maximum Gasteiger partial charge on any atom is 0.0804 e. The van der Waals surface area contributed by atoms with E-state index in [0.717, 1.165) is 12.2 Å². The molecule has 0 saturated heterocycles. The van der Waals surface area contributed by atoms with Gasteiger partial charge in [0.2, 0.25) is 0 Å². The Morgan fingerprint density at radius 1 is 1.53 bits per heavy atom. The number of thiophene rings is 1. The normalized spacial score (nSPS) is 12.6. The molecule has 2 nitrogen and oxygen atoms in total. The molecular formula is C13H15ClN2S. The number of rotatable bonds is 4. The van der Waals surface area contributed by atoms with Crippen LogP contribution in [0.15, 0.2) is 29.8 Å². The molecule has 17 heavy (non-hydrogen) atoms. The van der Waals surface area contributed by atoms with Crippen molar-refractivity contribution in [1.29, 1.82) is 0 Å². The zero-order chi connectivity index (χ0) is 12.3. The van der Waals surface area contributed by atoms with Crippen LogP contribution in [0, 0.1) is 6.92 Å². The Bertz CT molecular complexity index is 496. The molecule has 0 amide bonds. The Labute approximate surface area is 111 Å². The zero-order valence-corrected chi connectivity index (χ0v) is 11.5. The third-order valence-electron chi connectivity index (χ3n) is 2.55. The van der Waals surface area contributed by atoms with Gasteiger partial charge in [0.25, 0.3) is 0 Å². The fraction of sp³-hybridized carbons (Fsp3) is 0.308. The standard InChI is InChI=1S/C13H15ClN2S/c1-3-15-12(10-7-9(2)17-8-10)13-11(14)5-4-6-16-13/h4-8,12,15H,3H2,1-2H3. The Kier molecular flexibility index (Phi) is 4.15. The van der Waals surface area contributed by atoms with Gasteiger partial charge in [0, 0.05) is 11.1 Å². The van der Waals surface area contributed by atoms with Gasteiger partial charge in [0.05, 0.1) is 16.8 Å². The van der Waals surface area contributed by atoms with Gasteiger partial charge in [0.1, 0.15) is 0 Å². The predicted octanol–water partition coefficient (Wildman–Crippen LogP) is 3.80. The minimum Gasteiger partial charge on any atom is -0.305 e. The Hall–Kier alpha value is -0.900. The van der Waals surface area contributed by atoms with Gasteiger partial charge in [-0.1, -0.05) is 18.5 Å². The van der Waals surface area contributed by atoms with E-state index in [-0.39, 0.29) is 6.04 Å². The number of aromatic nitrogens is 1. The summed E-state index contributed by atoms with van der Waals surface area (Å²) in [6.07, 6.45) is 1.78. The summed E-state index contributed by atoms with van der Waals surface area (Å²) < 4.78 is 0. The summed E-state index contributed by atoms with van der Waals surface area (Å²) in [7, 11) is 0. The quantitative estimate of drug-likeness (QED) is 0.910. The number of nitrogens with one attached hydrogen (secondary N) is 1. The van der Waals surface area contributed by atoms with Gasteiger partial charge in [-0.25, -0.2) is 0 Å². The molecule has 0 aliphatic heterocycles. The smallest absolute Gasteiger partial charge is 0.0804 e. The van der Waals surface area contributed by atoms with Crippen LogP contribution < -0.4 is 5.32 Å². The van der Waals surface area contributed by atoms with Crippen LogP contribution in [-0.2, 0) is 0 Å². The third kappa shape index (κ3) is 2.86. The lowest BCUT2D eigenvalue weighted by Crippen LogP contribution is -2.22. The lowest BCUT2D eigenvalue weighted by atomic mass is 10.1. The molecule has 1 unspecified atom stereocenters. The van der Waals surface area contributed by atoms with E-state index in [4.69, 9.17) is 11.6 Å². The molecule has 0 bridgehead atoms. The van der Waals surface area contributed by atoms with Gasteiger partial charge in [-0.3, -0.25) is 4.98 Å². The number of pyridine rings is 1. The number of hydrogen-bond donors (Lipinski definition) is 1. The average molecular weight is 267 g/mol. The Morgan fingerprint density at radius 3 is 2.94 bits per heavy atom. The Balaban J connectivity index is 2.39. The van der Waals surface area contributed by atoms with E-state index < -0.39 is 0 Å². The van der Waals surface area contributed by atoms with Crippen molar-refractivity contribution >= 4 is 22.9 Å². The number of halogens is 1. The minimum atomic E-state index is 0.0821. The van der Waals surface area contributed by atoms with Crippen LogP contribution in [0.2, 0.25) is 5.02 Å². The van der Waals surface area contributed by atoms with Crippen LogP contribution in [0.5, 0.6) is 0 Å². The zero-order valence-electron chi connectivity index (χ0n) is 9.90. The van der Waals surface area contributed by atoms with Crippen molar-refractivity contribution in [1.82, 2.24) is 10.3 Å². The minimum absolute atomic E-state index is 0.0821. The molecule has 0 aliphatic rings. The molecule has 0 saturated carbocycles. The van der Waals surface area contributed by atoms with Gasteiger partial charge in [0.15, 0.2) is 0 Å². The number of aryl methyl sites for hydroxylation is 1. The van der Waals surface area contributed by atoms with Crippen molar-refractivity contribution in [3.05, 3.63) is 50.9 Å². The van der Waals surface area contributed by atoms with Crippen molar-refractivity contribution in [2.24, 2.45) is 0 Å². The van der Waals surface area contributed by atoms with Crippen molar-refractivity contribution < 1.29 is 0 Å². The van der Waals surface area contributed by atoms with Gasteiger partial charge in [-0.15, -0.1) is 11.3 Å². The molecule has 2 aromatic rings. The van der Waals surface area contributed by atoms with E-state index in [1.165, 1.54) is 10.4 Å². The second-order valence-electron chi connectivity index (χ2n) is 3.85. The molecule has 0 aliphatic carbocycles. The number of nitrogens with zero attached hydrogens (tertiary/aromatic N) is 1. The fourth-order valence-electron chi connectivity index (χ4n) is 1.80. The van der Waals surface area contributed by atoms with E-state index in [0.29, 0.717) is 5.02 Å².